The van der Waals surface area contributed by atoms with Crippen LogP contribution in [-0.4, -0.2) is 32.9 Å². The molecule has 3 heterocycles. The lowest BCUT2D eigenvalue weighted by Gasteiger charge is -2.16. The summed E-state index contributed by atoms with van der Waals surface area (Å²) in [4.78, 5) is 37.2. The number of para-hydroxylation sites is 1. The zero-order valence-corrected chi connectivity index (χ0v) is 18.2. The van der Waals surface area contributed by atoms with Crippen molar-refractivity contribution in [2.45, 2.75) is 6.42 Å². The monoisotopic (exact) mass is 443 g/mol. The molecular formula is C24H21N5O2S. The highest BCUT2D eigenvalue weighted by Gasteiger charge is 2.35. The zero-order chi connectivity index (χ0) is 22.1. The molecule has 1 N–H and O–H groups in total. The highest BCUT2D eigenvalue weighted by atomic mass is 32.1. The summed E-state index contributed by atoms with van der Waals surface area (Å²) in [6.07, 6.45) is 3.80. The summed E-state index contributed by atoms with van der Waals surface area (Å²) in [5.74, 6) is 0.113. The summed E-state index contributed by atoms with van der Waals surface area (Å²) in [5, 5.41) is 3.44. The summed E-state index contributed by atoms with van der Waals surface area (Å²) in [7, 11) is 1.93. The Bertz CT molecular complexity index is 1270. The van der Waals surface area contributed by atoms with Crippen LogP contribution in [0, 0.1) is 5.92 Å². The molecule has 2 amide bonds. The predicted octanol–water partition coefficient (Wildman–Crippen LogP) is 4.20. The van der Waals surface area contributed by atoms with Crippen molar-refractivity contribution in [3.05, 3.63) is 73.1 Å². The second-order valence-corrected chi connectivity index (χ2v) is 8.65. The number of hydrogen-bond donors (Lipinski definition) is 1. The van der Waals surface area contributed by atoms with Gasteiger partial charge in [-0.25, -0.2) is 9.97 Å². The van der Waals surface area contributed by atoms with Crippen LogP contribution in [-0.2, 0) is 16.6 Å². The second kappa shape index (κ2) is 8.39. The van der Waals surface area contributed by atoms with Gasteiger partial charge in [0.2, 0.25) is 11.8 Å². The summed E-state index contributed by atoms with van der Waals surface area (Å²) < 4.78 is 1.93. The molecule has 1 unspecified atom stereocenters. The standard InChI is InChI=1S/C24H21N5O2S/c1-28-13-12-25-22(28)21-20(16-8-4-2-5-9-16)26-24(32-21)27-23(31)17-14-19(30)29(15-17)18-10-6-3-7-11-18/h2-13,17H,14-15H2,1H3,(H,26,27,31). The number of carbonyl (C=O) groups is 2. The van der Waals surface area contributed by atoms with Crippen LogP contribution in [0.4, 0.5) is 10.8 Å². The van der Waals surface area contributed by atoms with Crippen LogP contribution in [0.1, 0.15) is 6.42 Å². The molecule has 0 bridgehead atoms. The Morgan fingerprint density at radius 3 is 2.50 bits per heavy atom. The van der Waals surface area contributed by atoms with E-state index >= 15 is 0 Å². The maximum absolute atomic E-state index is 13.0. The van der Waals surface area contributed by atoms with Gasteiger partial charge in [0.15, 0.2) is 11.0 Å². The van der Waals surface area contributed by atoms with Crippen molar-refractivity contribution in [1.82, 2.24) is 14.5 Å². The number of nitrogens with zero attached hydrogens (tertiary/aromatic N) is 4. The minimum absolute atomic E-state index is 0.0471. The minimum Gasteiger partial charge on any atom is -0.333 e. The van der Waals surface area contributed by atoms with Gasteiger partial charge in [0.25, 0.3) is 0 Å². The molecule has 1 aliphatic heterocycles. The molecule has 5 rings (SSSR count). The fourth-order valence-electron chi connectivity index (χ4n) is 3.85. The molecule has 0 aliphatic carbocycles. The summed E-state index contributed by atoms with van der Waals surface area (Å²) in [6, 6.07) is 19.3. The third-order valence-corrected chi connectivity index (χ3v) is 6.46. The van der Waals surface area contributed by atoms with E-state index in [2.05, 4.69) is 10.3 Å². The van der Waals surface area contributed by atoms with Gasteiger partial charge in [-0.15, -0.1) is 0 Å². The van der Waals surface area contributed by atoms with Crippen molar-refractivity contribution in [3.8, 4) is 22.0 Å². The fourth-order valence-corrected chi connectivity index (χ4v) is 4.88. The van der Waals surface area contributed by atoms with Crippen LogP contribution in [0.2, 0.25) is 0 Å². The molecule has 7 nitrogen and oxygen atoms in total. The lowest BCUT2D eigenvalue weighted by Crippen LogP contribution is -2.28. The first-order valence-corrected chi connectivity index (χ1v) is 11.1. The van der Waals surface area contributed by atoms with Gasteiger partial charge >= 0.3 is 0 Å². The van der Waals surface area contributed by atoms with Crippen molar-refractivity contribution in [1.29, 1.82) is 0 Å². The van der Waals surface area contributed by atoms with Gasteiger partial charge in [-0.3, -0.25) is 9.59 Å². The van der Waals surface area contributed by atoms with Crippen molar-refractivity contribution < 1.29 is 9.59 Å². The van der Waals surface area contributed by atoms with Gasteiger partial charge in [-0.05, 0) is 12.1 Å². The van der Waals surface area contributed by atoms with Crippen molar-refractivity contribution in [3.63, 3.8) is 0 Å². The largest absolute Gasteiger partial charge is 0.333 e. The summed E-state index contributed by atoms with van der Waals surface area (Å²) in [5.41, 5.74) is 2.53. The normalized spacial score (nSPS) is 15.8. The van der Waals surface area contributed by atoms with E-state index in [0.29, 0.717) is 11.7 Å². The number of thiazole rings is 1. The Labute approximate surface area is 189 Å². The number of nitrogens with one attached hydrogen (secondary N) is 1. The number of benzene rings is 2. The molecule has 8 heteroatoms. The maximum atomic E-state index is 13.0. The molecule has 0 saturated carbocycles. The lowest BCUT2D eigenvalue weighted by molar-refractivity contribution is -0.122. The van der Waals surface area contributed by atoms with Crippen LogP contribution in [0.25, 0.3) is 22.0 Å². The Balaban J connectivity index is 1.40. The van der Waals surface area contributed by atoms with Gasteiger partial charge in [0.1, 0.15) is 0 Å². The lowest BCUT2D eigenvalue weighted by atomic mass is 10.1. The van der Waals surface area contributed by atoms with E-state index in [-0.39, 0.29) is 18.2 Å². The van der Waals surface area contributed by atoms with E-state index in [1.165, 1.54) is 11.3 Å². The van der Waals surface area contributed by atoms with Gasteiger partial charge in [0, 0.05) is 43.7 Å². The average molecular weight is 444 g/mol. The van der Waals surface area contributed by atoms with Gasteiger partial charge < -0.3 is 14.8 Å². The second-order valence-electron chi connectivity index (χ2n) is 7.65. The Kier molecular flexibility index (Phi) is 5.28. The first kappa shape index (κ1) is 20.1. The Morgan fingerprint density at radius 2 is 1.81 bits per heavy atom. The van der Waals surface area contributed by atoms with E-state index in [1.54, 1.807) is 11.1 Å². The number of aryl methyl sites for hydroxylation is 1. The van der Waals surface area contributed by atoms with E-state index in [1.807, 2.05) is 78.5 Å². The number of carbonyl (C=O) groups excluding carboxylic acids is 2. The molecule has 2 aromatic heterocycles. The zero-order valence-electron chi connectivity index (χ0n) is 17.4. The van der Waals surface area contributed by atoms with E-state index < -0.39 is 5.92 Å². The number of imidazole rings is 1. The first-order chi connectivity index (χ1) is 15.6. The molecule has 4 aromatic rings. The quantitative estimate of drug-likeness (QED) is 0.501. The molecule has 160 valence electrons. The molecule has 1 aliphatic rings. The summed E-state index contributed by atoms with van der Waals surface area (Å²) in [6.45, 7) is 0.359. The van der Waals surface area contributed by atoms with E-state index in [9.17, 15) is 9.59 Å². The maximum Gasteiger partial charge on any atom is 0.231 e. The van der Waals surface area contributed by atoms with Gasteiger partial charge in [-0.1, -0.05) is 59.9 Å². The van der Waals surface area contributed by atoms with Crippen molar-refractivity contribution >= 4 is 34.0 Å². The van der Waals surface area contributed by atoms with Crippen LogP contribution >= 0.6 is 11.3 Å². The number of rotatable bonds is 5. The third-order valence-electron chi connectivity index (χ3n) is 5.49. The highest BCUT2D eigenvalue weighted by Crippen LogP contribution is 2.38. The van der Waals surface area contributed by atoms with Crippen molar-refractivity contribution in [2.24, 2.45) is 13.0 Å². The van der Waals surface area contributed by atoms with Crippen LogP contribution in [0.5, 0.6) is 0 Å². The van der Waals surface area contributed by atoms with Gasteiger partial charge in [-0.2, -0.15) is 0 Å². The molecule has 32 heavy (non-hydrogen) atoms. The van der Waals surface area contributed by atoms with Crippen LogP contribution in [0.15, 0.2) is 73.1 Å². The Morgan fingerprint density at radius 1 is 1.09 bits per heavy atom. The average Bonchev–Trinajstić information content (AvgIpc) is 3.53. The Hall–Kier alpha value is -3.78. The van der Waals surface area contributed by atoms with Crippen molar-refractivity contribution in [2.75, 3.05) is 16.8 Å². The number of hydrogen-bond acceptors (Lipinski definition) is 5. The smallest absolute Gasteiger partial charge is 0.231 e. The SMILES string of the molecule is Cn1ccnc1-c1sc(NC(=O)C2CC(=O)N(c3ccccc3)C2)nc1-c1ccccc1. The molecule has 0 radical (unpaired) electrons. The van der Waals surface area contributed by atoms with E-state index in [0.717, 1.165) is 27.6 Å². The predicted molar refractivity (Wildman–Crippen MR) is 125 cm³/mol. The topological polar surface area (TPSA) is 80.1 Å². The van der Waals surface area contributed by atoms with Crippen LogP contribution < -0.4 is 10.2 Å². The van der Waals surface area contributed by atoms with Gasteiger partial charge in [0.05, 0.1) is 16.5 Å². The van der Waals surface area contributed by atoms with E-state index in [4.69, 9.17) is 4.98 Å². The molecule has 1 saturated heterocycles. The molecule has 1 atom stereocenters. The first-order valence-electron chi connectivity index (χ1n) is 10.3. The molecule has 1 fully saturated rings. The summed E-state index contributed by atoms with van der Waals surface area (Å²) >= 11 is 1.39. The van der Waals surface area contributed by atoms with Crippen LogP contribution in [0.3, 0.4) is 0 Å². The fraction of sp³-hybridized carbons (Fsp3) is 0.167. The molecule has 0 spiro atoms. The minimum atomic E-state index is -0.427. The number of anilines is 2. The molecule has 2 aromatic carbocycles. The highest BCUT2D eigenvalue weighted by molar-refractivity contribution is 7.19. The molecular weight excluding hydrogens is 422 g/mol. The number of aromatic nitrogens is 3. The number of amides is 2. The third kappa shape index (κ3) is 3.80.